The average Bonchev–Trinajstić information content (AvgIpc) is 3.20. The van der Waals surface area contributed by atoms with Gasteiger partial charge in [0.1, 0.15) is 16.9 Å². The van der Waals surface area contributed by atoms with Gasteiger partial charge >= 0.3 is 0 Å². The predicted octanol–water partition coefficient (Wildman–Crippen LogP) is 3.39. The maximum atomic E-state index is 12.4. The second-order valence-electron chi connectivity index (χ2n) is 5.66. The van der Waals surface area contributed by atoms with E-state index in [9.17, 15) is 4.79 Å². The van der Waals surface area contributed by atoms with E-state index in [1.807, 2.05) is 36.1 Å². The lowest BCUT2D eigenvalue weighted by Crippen LogP contribution is -2.27. The summed E-state index contributed by atoms with van der Waals surface area (Å²) >= 11 is 1.57. The van der Waals surface area contributed by atoms with Gasteiger partial charge in [0.05, 0.1) is 33.6 Å². The number of carbonyl (C=O) groups excluding carboxylic acids is 1. The number of benzene rings is 1. The third-order valence-corrected chi connectivity index (χ3v) is 5.32. The molecule has 6 nitrogen and oxygen atoms in total. The van der Waals surface area contributed by atoms with E-state index in [0.717, 1.165) is 17.1 Å². The summed E-state index contributed by atoms with van der Waals surface area (Å²) in [6, 6.07) is 7.57. The van der Waals surface area contributed by atoms with Crippen molar-refractivity contribution in [2.45, 2.75) is 18.8 Å². The lowest BCUT2D eigenvalue weighted by atomic mass is 10.1. The fourth-order valence-corrected chi connectivity index (χ4v) is 4.05. The van der Waals surface area contributed by atoms with Crippen molar-refractivity contribution >= 4 is 17.7 Å². The number of hydrogen-bond donors (Lipinski definition) is 0. The van der Waals surface area contributed by atoms with Gasteiger partial charge in [0.25, 0.3) is 0 Å². The highest BCUT2D eigenvalue weighted by Gasteiger charge is 2.34. The number of ether oxygens (including phenoxy) is 3. The summed E-state index contributed by atoms with van der Waals surface area (Å²) < 4.78 is 21.9. The van der Waals surface area contributed by atoms with Gasteiger partial charge in [0, 0.05) is 0 Å². The molecule has 1 unspecified atom stereocenters. The number of methoxy groups -OCH3 is 3. The first-order valence-corrected chi connectivity index (χ1v) is 8.88. The van der Waals surface area contributed by atoms with Crippen LogP contribution in [0, 0.1) is 6.92 Å². The van der Waals surface area contributed by atoms with E-state index in [1.54, 1.807) is 33.1 Å². The van der Waals surface area contributed by atoms with Gasteiger partial charge in [-0.05, 0) is 36.8 Å². The van der Waals surface area contributed by atoms with Gasteiger partial charge in [-0.1, -0.05) is 0 Å². The number of furan rings is 1. The van der Waals surface area contributed by atoms with Crippen LogP contribution in [0.5, 0.6) is 17.2 Å². The predicted molar refractivity (Wildman–Crippen MR) is 95.3 cm³/mol. The van der Waals surface area contributed by atoms with E-state index < -0.39 is 0 Å². The second-order valence-corrected chi connectivity index (χ2v) is 6.72. The van der Waals surface area contributed by atoms with Crippen LogP contribution in [-0.4, -0.2) is 37.9 Å². The lowest BCUT2D eigenvalue weighted by molar-refractivity contribution is -0.128. The first-order chi connectivity index (χ1) is 12.1. The number of hydrogen-bond acceptors (Lipinski definition) is 6. The molecule has 7 heteroatoms. The molecule has 134 valence electrons. The molecule has 1 aromatic heterocycles. The van der Waals surface area contributed by atoms with Crippen LogP contribution in [0.15, 0.2) is 28.7 Å². The van der Waals surface area contributed by atoms with Crippen molar-refractivity contribution in [2.24, 2.45) is 0 Å². The van der Waals surface area contributed by atoms with Crippen LogP contribution >= 0.6 is 11.8 Å². The molecule has 0 radical (unpaired) electrons. The topological polar surface area (TPSA) is 61.1 Å². The minimum atomic E-state index is -0.133. The molecule has 0 saturated carbocycles. The number of nitrogens with zero attached hydrogens (tertiary/aromatic N) is 1. The third kappa shape index (κ3) is 3.42. The summed E-state index contributed by atoms with van der Waals surface area (Å²) in [4.78, 5) is 14.2. The minimum absolute atomic E-state index is 0.0813. The Morgan fingerprint density at radius 1 is 1.16 bits per heavy atom. The minimum Gasteiger partial charge on any atom is -0.493 e. The maximum Gasteiger partial charge on any atom is 0.234 e. The Hall–Kier alpha value is -2.28. The largest absolute Gasteiger partial charge is 0.493 e. The zero-order chi connectivity index (χ0) is 18.0. The van der Waals surface area contributed by atoms with Crippen molar-refractivity contribution in [2.75, 3.05) is 27.1 Å². The number of amides is 1. The molecule has 1 atom stereocenters. The zero-order valence-corrected chi connectivity index (χ0v) is 15.5. The van der Waals surface area contributed by atoms with Gasteiger partial charge < -0.3 is 23.5 Å². The van der Waals surface area contributed by atoms with Crippen molar-refractivity contribution in [3.63, 3.8) is 0 Å². The molecule has 1 amide bonds. The summed E-state index contributed by atoms with van der Waals surface area (Å²) in [7, 11) is 4.73. The van der Waals surface area contributed by atoms with Crippen molar-refractivity contribution in [3.05, 3.63) is 41.3 Å². The molecule has 2 aromatic rings. The van der Waals surface area contributed by atoms with Crippen LogP contribution in [0.1, 0.15) is 22.5 Å². The molecule has 25 heavy (non-hydrogen) atoms. The van der Waals surface area contributed by atoms with Crippen LogP contribution in [0.3, 0.4) is 0 Å². The SMILES string of the molecule is COc1cc(C2SCC(=O)N2Cc2ccc(C)o2)cc(OC)c1OC. The fraction of sp³-hybridized carbons (Fsp3) is 0.389. The molecule has 0 spiro atoms. The van der Waals surface area contributed by atoms with Gasteiger partial charge in [-0.2, -0.15) is 0 Å². The van der Waals surface area contributed by atoms with Crippen molar-refractivity contribution in [3.8, 4) is 17.2 Å². The van der Waals surface area contributed by atoms with Crippen LogP contribution in [0.4, 0.5) is 0 Å². The van der Waals surface area contributed by atoms with Gasteiger partial charge in [0.15, 0.2) is 11.5 Å². The molecule has 2 heterocycles. The molecular formula is C18H21NO5S. The highest BCUT2D eigenvalue weighted by atomic mass is 32.2. The van der Waals surface area contributed by atoms with Crippen molar-refractivity contribution in [1.82, 2.24) is 4.90 Å². The van der Waals surface area contributed by atoms with E-state index >= 15 is 0 Å². The normalized spacial score (nSPS) is 17.0. The Labute approximate surface area is 151 Å². The van der Waals surface area contributed by atoms with Crippen LogP contribution in [-0.2, 0) is 11.3 Å². The number of carbonyl (C=O) groups is 1. The summed E-state index contributed by atoms with van der Waals surface area (Å²) in [5.74, 6) is 3.80. The van der Waals surface area contributed by atoms with Crippen LogP contribution < -0.4 is 14.2 Å². The number of aryl methyl sites for hydroxylation is 1. The first-order valence-electron chi connectivity index (χ1n) is 7.83. The average molecular weight is 363 g/mol. The van der Waals surface area contributed by atoms with E-state index in [4.69, 9.17) is 18.6 Å². The fourth-order valence-electron chi connectivity index (χ4n) is 2.88. The van der Waals surface area contributed by atoms with Crippen molar-refractivity contribution < 1.29 is 23.4 Å². The van der Waals surface area contributed by atoms with Crippen molar-refractivity contribution in [1.29, 1.82) is 0 Å². The van der Waals surface area contributed by atoms with Gasteiger partial charge in [0.2, 0.25) is 11.7 Å². The summed E-state index contributed by atoms with van der Waals surface area (Å²) in [6.07, 6.45) is 0. The zero-order valence-electron chi connectivity index (χ0n) is 14.7. The van der Waals surface area contributed by atoms with E-state index in [1.165, 1.54) is 0 Å². The maximum absolute atomic E-state index is 12.4. The van der Waals surface area contributed by atoms with E-state index in [0.29, 0.717) is 29.5 Å². The molecule has 1 fully saturated rings. The quantitative estimate of drug-likeness (QED) is 0.784. The Morgan fingerprint density at radius 2 is 1.84 bits per heavy atom. The van der Waals surface area contributed by atoms with Crippen LogP contribution in [0.2, 0.25) is 0 Å². The molecular weight excluding hydrogens is 342 g/mol. The van der Waals surface area contributed by atoms with E-state index in [2.05, 4.69) is 0 Å². The Morgan fingerprint density at radius 3 is 2.36 bits per heavy atom. The van der Waals surface area contributed by atoms with Crippen LogP contribution in [0.25, 0.3) is 0 Å². The molecule has 1 saturated heterocycles. The third-order valence-electron chi connectivity index (χ3n) is 4.06. The molecule has 0 aliphatic carbocycles. The van der Waals surface area contributed by atoms with Gasteiger partial charge in [-0.3, -0.25) is 4.79 Å². The highest BCUT2D eigenvalue weighted by molar-refractivity contribution is 8.00. The Balaban J connectivity index is 1.94. The molecule has 0 N–H and O–H groups in total. The summed E-state index contributed by atoms with van der Waals surface area (Å²) in [6.45, 7) is 2.32. The van der Waals surface area contributed by atoms with Gasteiger partial charge in [-0.15, -0.1) is 11.8 Å². The molecule has 1 aromatic carbocycles. The van der Waals surface area contributed by atoms with Gasteiger partial charge in [-0.25, -0.2) is 0 Å². The molecule has 1 aliphatic heterocycles. The molecule has 0 bridgehead atoms. The van der Waals surface area contributed by atoms with E-state index in [-0.39, 0.29) is 11.3 Å². The second kappa shape index (κ2) is 7.31. The highest BCUT2D eigenvalue weighted by Crippen LogP contribution is 2.46. The number of rotatable bonds is 6. The standard InChI is InChI=1S/C18H21NO5S/c1-11-5-6-13(24-11)9-19-16(20)10-25-18(19)12-7-14(21-2)17(23-4)15(8-12)22-3/h5-8,18H,9-10H2,1-4H3. The molecule has 3 rings (SSSR count). The monoisotopic (exact) mass is 363 g/mol. The smallest absolute Gasteiger partial charge is 0.234 e. The first kappa shape index (κ1) is 17.5. The lowest BCUT2D eigenvalue weighted by Gasteiger charge is -2.24. The molecule has 1 aliphatic rings. The Kier molecular flexibility index (Phi) is 5.13. The Bertz CT molecular complexity index is 748. The number of thioether (sulfide) groups is 1. The summed E-state index contributed by atoms with van der Waals surface area (Å²) in [5.41, 5.74) is 0.925. The summed E-state index contributed by atoms with van der Waals surface area (Å²) in [5, 5.41) is -0.133.